The highest BCUT2D eigenvalue weighted by molar-refractivity contribution is 9.10. The zero-order valence-electron chi connectivity index (χ0n) is 14.5. The number of anilines is 1. The van der Waals surface area contributed by atoms with E-state index in [-0.39, 0.29) is 10.6 Å². The smallest absolute Gasteiger partial charge is 0.293 e. The molecule has 0 saturated carbocycles. The van der Waals surface area contributed by atoms with E-state index in [0.717, 1.165) is 5.56 Å². The third-order valence-electron chi connectivity index (χ3n) is 3.91. The van der Waals surface area contributed by atoms with Gasteiger partial charge >= 0.3 is 0 Å². The molecular weight excluding hydrogens is 422 g/mol. The molecule has 7 nitrogen and oxygen atoms in total. The maximum Gasteiger partial charge on any atom is 0.293 e. The Kier molecular flexibility index (Phi) is 6.74. The highest BCUT2D eigenvalue weighted by Gasteiger charge is 2.21. The summed E-state index contributed by atoms with van der Waals surface area (Å²) in [6, 6.07) is 11.3. The van der Waals surface area contributed by atoms with Gasteiger partial charge in [0.15, 0.2) is 0 Å². The van der Waals surface area contributed by atoms with Crippen LogP contribution in [0.3, 0.4) is 0 Å². The van der Waals surface area contributed by atoms with Crippen LogP contribution in [0.1, 0.15) is 19.4 Å². The van der Waals surface area contributed by atoms with Crippen LogP contribution in [0.25, 0.3) is 0 Å². The number of rotatable bonds is 8. The van der Waals surface area contributed by atoms with Gasteiger partial charge in [0, 0.05) is 30.2 Å². The van der Waals surface area contributed by atoms with E-state index >= 15 is 0 Å². The molecule has 2 aromatic rings. The Morgan fingerprint density at radius 3 is 2.27 bits per heavy atom. The minimum Gasteiger partial charge on any atom is -0.375 e. The molecule has 0 aromatic heterocycles. The van der Waals surface area contributed by atoms with Crippen molar-refractivity contribution in [2.24, 2.45) is 0 Å². The lowest BCUT2D eigenvalue weighted by Crippen LogP contribution is -2.30. The maximum atomic E-state index is 12.5. The summed E-state index contributed by atoms with van der Waals surface area (Å²) in [5.74, 6) is 0. The number of hydrogen-bond acceptors (Lipinski definition) is 5. The molecule has 0 aliphatic rings. The van der Waals surface area contributed by atoms with Crippen LogP contribution in [0, 0.1) is 10.1 Å². The summed E-state index contributed by atoms with van der Waals surface area (Å²) in [7, 11) is -3.49. The number of halogens is 1. The van der Waals surface area contributed by atoms with Gasteiger partial charge in [0.25, 0.3) is 5.69 Å². The molecule has 0 aliphatic heterocycles. The number of benzene rings is 2. The molecule has 2 aromatic carbocycles. The molecule has 0 spiro atoms. The molecular formula is C17H20BrN3O4S. The first-order valence-corrected chi connectivity index (χ1v) is 10.3. The molecule has 0 fully saturated rings. The first-order valence-electron chi connectivity index (χ1n) is 8.06. The van der Waals surface area contributed by atoms with Crippen LogP contribution in [0.15, 0.2) is 51.8 Å². The Hall–Kier alpha value is -1.97. The first kappa shape index (κ1) is 20.3. The van der Waals surface area contributed by atoms with Crippen molar-refractivity contribution in [3.05, 3.63) is 62.6 Å². The lowest BCUT2D eigenvalue weighted by atomic mass is 10.2. The van der Waals surface area contributed by atoms with E-state index in [9.17, 15) is 18.5 Å². The van der Waals surface area contributed by atoms with E-state index in [1.54, 1.807) is 50.2 Å². The molecule has 9 heteroatoms. The molecule has 1 N–H and O–H groups in total. The van der Waals surface area contributed by atoms with Gasteiger partial charge in [0.1, 0.15) is 5.69 Å². The SMILES string of the molecule is CCN(CC)S(=O)(=O)c1ccc(CNc2ccc(Br)cc2[N+](=O)[O-])cc1. The molecule has 0 atom stereocenters. The Morgan fingerprint density at radius 1 is 1.12 bits per heavy atom. The van der Waals surface area contributed by atoms with Gasteiger partial charge in [0.05, 0.1) is 9.82 Å². The van der Waals surface area contributed by atoms with Crippen LogP contribution in [-0.4, -0.2) is 30.7 Å². The van der Waals surface area contributed by atoms with Gasteiger partial charge in [-0.3, -0.25) is 10.1 Å². The standard InChI is InChI=1S/C17H20BrN3O4S/c1-3-20(4-2)26(24,25)15-8-5-13(6-9-15)12-19-16-10-7-14(18)11-17(16)21(22)23/h5-11,19H,3-4,12H2,1-2H3. The van der Waals surface area contributed by atoms with Gasteiger partial charge in [0.2, 0.25) is 10.0 Å². The summed E-state index contributed by atoms with van der Waals surface area (Å²) in [6.45, 7) is 4.76. The average molecular weight is 442 g/mol. The number of hydrogen-bond donors (Lipinski definition) is 1. The number of nitrogens with zero attached hydrogens (tertiary/aromatic N) is 2. The predicted molar refractivity (Wildman–Crippen MR) is 105 cm³/mol. The van der Waals surface area contributed by atoms with Gasteiger partial charge in [-0.2, -0.15) is 4.31 Å². The van der Waals surface area contributed by atoms with E-state index < -0.39 is 14.9 Å². The fourth-order valence-corrected chi connectivity index (χ4v) is 4.30. The van der Waals surface area contributed by atoms with E-state index in [1.165, 1.54) is 10.4 Å². The monoisotopic (exact) mass is 441 g/mol. The second-order valence-electron chi connectivity index (χ2n) is 5.51. The lowest BCUT2D eigenvalue weighted by Gasteiger charge is -2.18. The maximum absolute atomic E-state index is 12.5. The first-order chi connectivity index (χ1) is 12.3. The van der Waals surface area contributed by atoms with Gasteiger partial charge in [-0.25, -0.2) is 8.42 Å². The van der Waals surface area contributed by atoms with E-state index in [0.29, 0.717) is 29.8 Å². The molecule has 0 aliphatic carbocycles. The molecule has 0 radical (unpaired) electrons. The van der Waals surface area contributed by atoms with Crippen molar-refractivity contribution in [2.45, 2.75) is 25.3 Å². The molecule has 0 unspecified atom stereocenters. The summed E-state index contributed by atoms with van der Waals surface area (Å²) in [6.07, 6.45) is 0. The van der Waals surface area contributed by atoms with Gasteiger partial charge in [-0.05, 0) is 29.8 Å². The van der Waals surface area contributed by atoms with Crippen molar-refractivity contribution in [1.82, 2.24) is 4.31 Å². The molecule has 2 rings (SSSR count). The minimum atomic E-state index is -3.49. The fourth-order valence-electron chi connectivity index (χ4n) is 2.49. The van der Waals surface area contributed by atoms with Crippen molar-refractivity contribution >= 4 is 37.3 Å². The second-order valence-corrected chi connectivity index (χ2v) is 8.36. The summed E-state index contributed by atoms with van der Waals surface area (Å²) < 4.78 is 27.0. The highest BCUT2D eigenvalue weighted by Crippen LogP contribution is 2.28. The van der Waals surface area contributed by atoms with Crippen molar-refractivity contribution in [3.63, 3.8) is 0 Å². The fraction of sp³-hybridized carbons (Fsp3) is 0.294. The summed E-state index contributed by atoms with van der Waals surface area (Å²) in [4.78, 5) is 10.9. The van der Waals surface area contributed by atoms with Crippen LogP contribution >= 0.6 is 15.9 Å². The third kappa shape index (κ3) is 4.60. The molecule has 26 heavy (non-hydrogen) atoms. The van der Waals surface area contributed by atoms with Gasteiger partial charge < -0.3 is 5.32 Å². The molecule has 0 saturated heterocycles. The number of nitro groups is 1. The van der Waals surface area contributed by atoms with Gasteiger partial charge in [-0.15, -0.1) is 0 Å². The summed E-state index contributed by atoms with van der Waals surface area (Å²) in [5.41, 5.74) is 1.19. The van der Waals surface area contributed by atoms with Crippen LogP contribution in [0.2, 0.25) is 0 Å². The predicted octanol–water partition coefficient (Wildman–Crippen LogP) is 4.00. The Bertz CT molecular complexity index is 881. The minimum absolute atomic E-state index is 0.0277. The Morgan fingerprint density at radius 2 is 1.73 bits per heavy atom. The Balaban J connectivity index is 2.15. The number of nitrogens with one attached hydrogen (secondary N) is 1. The van der Waals surface area contributed by atoms with Crippen molar-refractivity contribution in [2.75, 3.05) is 18.4 Å². The molecule has 0 amide bonds. The van der Waals surface area contributed by atoms with Crippen LogP contribution < -0.4 is 5.32 Å². The van der Waals surface area contributed by atoms with Gasteiger partial charge in [-0.1, -0.05) is 41.9 Å². The van der Waals surface area contributed by atoms with Crippen molar-refractivity contribution < 1.29 is 13.3 Å². The molecule has 0 heterocycles. The van der Waals surface area contributed by atoms with Crippen LogP contribution in [0.5, 0.6) is 0 Å². The zero-order chi connectivity index (χ0) is 19.3. The molecule has 140 valence electrons. The Labute approximate surface area is 161 Å². The van der Waals surface area contributed by atoms with Crippen molar-refractivity contribution in [1.29, 1.82) is 0 Å². The lowest BCUT2D eigenvalue weighted by molar-refractivity contribution is -0.384. The zero-order valence-corrected chi connectivity index (χ0v) is 16.9. The van der Waals surface area contributed by atoms with E-state index in [2.05, 4.69) is 21.2 Å². The van der Waals surface area contributed by atoms with E-state index in [1.807, 2.05) is 0 Å². The molecule has 0 bridgehead atoms. The summed E-state index contributed by atoms with van der Waals surface area (Å²) in [5, 5.41) is 14.2. The third-order valence-corrected chi connectivity index (χ3v) is 6.46. The topological polar surface area (TPSA) is 92.6 Å². The van der Waals surface area contributed by atoms with Crippen molar-refractivity contribution in [3.8, 4) is 0 Å². The van der Waals surface area contributed by atoms with Crippen LogP contribution in [0.4, 0.5) is 11.4 Å². The number of sulfonamides is 1. The largest absolute Gasteiger partial charge is 0.375 e. The van der Waals surface area contributed by atoms with E-state index in [4.69, 9.17) is 0 Å². The normalized spacial score (nSPS) is 11.5. The second kappa shape index (κ2) is 8.61. The summed E-state index contributed by atoms with van der Waals surface area (Å²) >= 11 is 3.22. The average Bonchev–Trinajstić information content (AvgIpc) is 2.61. The van der Waals surface area contributed by atoms with Crippen LogP contribution in [-0.2, 0) is 16.6 Å². The quantitative estimate of drug-likeness (QED) is 0.493. The number of nitro benzene ring substituents is 1. The highest BCUT2D eigenvalue weighted by atomic mass is 79.9.